The molecule has 0 spiro atoms. The zero-order valence-electron chi connectivity index (χ0n) is 14.4. The molecule has 0 bridgehead atoms. The van der Waals surface area contributed by atoms with E-state index in [-0.39, 0.29) is 5.91 Å². The Hall–Kier alpha value is -1.38. The van der Waals surface area contributed by atoms with E-state index in [1.807, 2.05) is 12.4 Å². The van der Waals surface area contributed by atoms with Gasteiger partial charge in [-0.2, -0.15) is 0 Å². The Kier molecular flexibility index (Phi) is 10.3. The molecule has 1 heterocycles. The first-order valence-electron chi connectivity index (χ1n) is 8.94. The lowest BCUT2D eigenvalue weighted by Crippen LogP contribution is -2.36. The fraction of sp³-hybridized carbons (Fsp3) is 0.684. The number of aryl methyl sites for hydroxylation is 2. The average molecular weight is 305 g/mol. The van der Waals surface area contributed by atoms with Crippen molar-refractivity contribution < 1.29 is 9.36 Å². The average Bonchev–Trinajstić information content (AvgIpc) is 2.53. The van der Waals surface area contributed by atoms with Crippen molar-refractivity contribution >= 4 is 5.91 Å². The number of nitrogens with one attached hydrogen (secondary N) is 1. The summed E-state index contributed by atoms with van der Waals surface area (Å²) in [5.74, 6) is 0.163. The van der Waals surface area contributed by atoms with Gasteiger partial charge in [0.2, 0.25) is 5.91 Å². The Morgan fingerprint density at radius 1 is 1.00 bits per heavy atom. The van der Waals surface area contributed by atoms with Crippen LogP contribution in [0, 0.1) is 6.92 Å². The molecule has 124 valence electrons. The van der Waals surface area contributed by atoms with Crippen LogP contribution in [0.1, 0.15) is 70.3 Å². The van der Waals surface area contributed by atoms with Gasteiger partial charge in [-0.1, -0.05) is 51.9 Å². The highest BCUT2D eigenvalue weighted by atomic mass is 16.1. The molecule has 0 radical (unpaired) electrons. The molecule has 0 fully saturated rings. The second-order valence-electron chi connectivity index (χ2n) is 6.19. The van der Waals surface area contributed by atoms with Gasteiger partial charge in [-0.3, -0.25) is 4.79 Å². The number of unbranched alkanes of at least 4 members (excludes halogenated alkanes) is 7. The number of pyridine rings is 1. The molecule has 3 nitrogen and oxygen atoms in total. The van der Waals surface area contributed by atoms with Crippen LogP contribution in [-0.2, 0) is 11.3 Å². The molecule has 0 aliphatic carbocycles. The first-order chi connectivity index (χ1) is 10.7. The van der Waals surface area contributed by atoms with Gasteiger partial charge in [-0.15, -0.1) is 0 Å². The van der Waals surface area contributed by atoms with E-state index in [0.717, 1.165) is 19.5 Å². The number of carbonyl (C=O) groups excluding carboxylic acids is 1. The van der Waals surface area contributed by atoms with Gasteiger partial charge in [0, 0.05) is 18.7 Å². The van der Waals surface area contributed by atoms with Gasteiger partial charge in [0.15, 0.2) is 18.9 Å². The number of carbonyl (C=O) groups is 1. The molecule has 0 aliphatic rings. The standard InChI is InChI=1S/C19H32N2O/c1-3-4-5-6-7-8-9-10-14-20-19(22)13-17-21-15-11-18(2)12-16-21/h11-12,15-16H,3-10,13-14,17H2,1-2H3/p+1. The van der Waals surface area contributed by atoms with E-state index < -0.39 is 0 Å². The molecule has 1 amide bonds. The largest absolute Gasteiger partial charge is 0.356 e. The number of hydrogen-bond acceptors (Lipinski definition) is 1. The third kappa shape index (κ3) is 9.54. The van der Waals surface area contributed by atoms with Crippen molar-refractivity contribution in [3.05, 3.63) is 30.1 Å². The number of hydrogen-bond donors (Lipinski definition) is 1. The van der Waals surface area contributed by atoms with Gasteiger partial charge in [-0.05, 0) is 18.9 Å². The maximum atomic E-state index is 11.8. The number of aromatic nitrogens is 1. The summed E-state index contributed by atoms with van der Waals surface area (Å²) in [5.41, 5.74) is 1.25. The maximum absolute atomic E-state index is 11.8. The summed E-state index contributed by atoms with van der Waals surface area (Å²) in [4.78, 5) is 11.8. The molecule has 3 heteroatoms. The minimum Gasteiger partial charge on any atom is -0.356 e. The van der Waals surface area contributed by atoms with Crippen molar-refractivity contribution in [1.82, 2.24) is 5.32 Å². The summed E-state index contributed by atoms with van der Waals surface area (Å²) in [6.45, 7) is 5.90. The lowest BCUT2D eigenvalue weighted by atomic mass is 10.1. The number of nitrogens with zero attached hydrogens (tertiary/aromatic N) is 1. The van der Waals surface area contributed by atoms with Gasteiger partial charge < -0.3 is 5.32 Å². The summed E-state index contributed by atoms with van der Waals surface area (Å²) in [5, 5.41) is 3.02. The van der Waals surface area contributed by atoms with Crippen LogP contribution in [0.2, 0.25) is 0 Å². The van der Waals surface area contributed by atoms with Crippen LogP contribution in [0.15, 0.2) is 24.5 Å². The quantitative estimate of drug-likeness (QED) is 0.460. The molecule has 1 aromatic rings. The number of rotatable bonds is 12. The Morgan fingerprint density at radius 3 is 2.23 bits per heavy atom. The summed E-state index contributed by atoms with van der Waals surface area (Å²) >= 11 is 0. The van der Waals surface area contributed by atoms with Crippen LogP contribution >= 0.6 is 0 Å². The molecule has 22 heavy (non-hydrogen) atoms. The minimum absolute atomic E-state index is 0.163. The molecule has 0 atom stereocenters. The topological polar surface area (TPSA) is 33.0 Å². The van der Waals surface area contributed by atoms with E-state index >= 15 is 0 Å². The van der Waals surface area contributed by atoms with Crippen molar-refractivity contribution in [2.75, 3.05) is 6.54 Å². The van der Waals surface area contributed by atoms with E-state index in [9.17, 15) is 4.79 Å². The molecule has 1 N–H and O–H groups in total. The normalized spacial score (nSPS) is 10.6. The SMILES string of the molecule is CCCCCCCCCCNC(=O)CC[n+]1ccc(C)cc1. The van der Waals surface area contributed by atoms with Crippen LogP contribution < -0.4 is 9.88 Å². The first kappa shape index (κ1) is 18.7. The van der Waals surface area contributed by atoms with Gasteiger partial charge in [0.25, 0.3) is 0 Å². The zero-order chi connectivity index (χ0) is 16.0. The molecular weight excluding hydrogens is 272 g/mol. The minimum atomic E-state index is 0.163. The van der Waals surface area contributed by atoms with Crippen LogP contribution in [0.3, 0.4) is 0 Å². The highest BCUT2D eigenvalue weighted by molar-refractivity contribution is 5.75. The molecular formula is C19H33N2O+. The van der Waals surface area contributed by atoms with Gasteiger partial charge in [-0.25, -0.2) is 4.57 Å². The van der Waals surface area contributed by atoms with Crippen LogP contribution in [-0.4, -0.2) is 12.5 Å². The van der Waals surface area contributed by atoms with Gasteiger partial charge in [0.05, 0.1) is 6.42 Å². The molecule has 0 unspecified atom stereocenters. The Bertz CT molecular complexity index is 400. The van der Waals surface area contributed by atoms with Gasteiger partial charge >= 0.3 is 0 Å². The highest BCUT2D eigenvalue weighted by Crippen LogP contribution is 2.07. The fourth-order valence-corrected chi connectivity index (χ4v) is 2.49. The van der Waals surface area contributed by atoms with Crippen molar-refractivity contribution in [2.45, 2.75) is 78.2 Å². The van der Waals surface area contributed by atoms with E-state index in [0.29, 0.717) is 6.42 Å². The van der Waals surface area contributed by atoms with Crippen molar-refractivity contribution in [2.24, 2.45) is 0 Å². The molecule has 1 rings (SSSR count). The number of amides is 1. The van der Waals surface area contributed by atoms with E-state index in [2.05, 4.69) is 35.9 Å². The fourth-order valence-electron chi connectivity index (χ4n) is 2.49. The third-order valence-electron chi connectivity index (χ3n) is 4.01. The Labute approximate surface area is 136 Å². The molecule has 0 aliphatic heterocycles. The van der Waals surface area contributed by atoms with E-state index in [4.69, 9.17) is 0 Å². The van der Waals surface area contributed by atoms with E-state index in [1.54, 1.807) is 0 Å². The maximum Gasteiger partial charge on any atom is 0.226 e. The summed E-state index contributed by atoms with van der Waals surface area (Å²) < 4.78 is 2.06. The van der Waals surface area contributed by atoms with Gasteiger partial charge in [0.1, 0.15) is 0 Å². The van der Waals surface area contributed by atoms with Crippen LogP contribution in [0.5, 0.6) is 0 Å². The summed E-state index contributed by atoms with van der Waals surface area (Å²) in [6, 6.07) is 4.14. The van der Waals surface area contributed by atoms with E-state index in [1.165, 1.54) is 50.5 Å². The second-order valence-corrected chi connectivity index (χ2v) is 6.19. The van der Waals surface area contributed by atoms with Crippen LogP contribution in [0.4, 0.5) is 0 Å². The Balaban J connectivity index is 1.94. The zero-order valence-corrected chi connectivity index (χ0v) is 14.4. The van der Waals surface area contributed by atoms with Crippen LogP contribution in [0.25, 0.3) is 0 Å². The third-order valence-corrected chi connectivity index (χ3v) is 4.01. The second kappa shape index (κ2) is 12.2. The predicted molar refractivity (Wildman–Crippen MR) is 91.6 cm³/mol. The monoisotopic (exact) mass is 305 g/mol. The lowest BCUT2D eigenvalue weighted by Gasteiger charge is -2.04. The molecule has 0 saturated heterocycles. The highest BCUT2D eigenvalue weighted by Gasteiger charge is 2.05. The van der Waals surface area contributed by atoms with Crippen molar-refractivity contribution in [3.8, 4) is 0 Å². The van der Waals surface area contributed by atoms with Crippen molar-refractivity contribution in [1.29, 1.82) is 0 Å². The molecule has 0 saturated carbocycles. The lowest BCUT2D eigenvalue weighted by molar-refractivity contribution is -0.695. The Morgan fingerprint density at radius 2 is 1.59 bits per heavy atom. The summed E-state index contributed by atoms with van der Waals surface area (Å²) in [7, 11) is 0. The predicted octanol–water partition coefficient (Wildman–Crippen LogP) is 3.93. The smallest absolute Gasteiger partial charge is 0.226 e. The first-order valence-corrected chi connectivity index (χ1v) is 8.94. The molecule has 1 aromatic heterocycles. The summed E-state index contributed by atoms with van der Waals surface area (Å²) in [6.07, 6.45) is 15.0. The van der Waals surface area contributed by atoms with Crippen molar-refractivity contribution in [3.63, 3.8) is 0 Å². The molecule has 0 aromatic carbocycles.